The fraction of sp³-hybridized carbons (Fsp3) is 0.588. The number of amides is 1. The predicted molar refractivity (Wildman–Crippen MR) is 82.4 cm³/mol. The Labute approximate surface area is 121 Å². The molecule has 1 amide bonds. The number of aryl methyl sites for hydroxylation is 1. The van der Waals surface area contributed by atoms with E-state index >= 15 is 0 Å². The standard InChI is InChI=1S/C17H26N2O/c1-17(12-6-3-7-13-17)19-16(20)15(18)11-10-14-8-4-2-5-9-14/h2,4-5,8-9,15H,3,6-7,10-13,18H2,1H3,(H,19,20). The van der Waals surface area contributed by atoms with Crippen molar-refractivity contribution >= 4 is 5.91 Å². The molecule has 1 unspecified atom stereocenters. The van der Waals surface area contributed by atoms with Gasteiger partial charge in [-0.05, 0) is 38.2 Å². The first-order valence-electron chi connectivity index (χ1n) is 7.71. The molecule has 1 aliphatic rings. The van der Waals surface area contributed by atoms with Crippen LogP contribution in [0.4, 0.5) is 0 Å². The fourth-order valence-electron chi connectivity index (χ4n) is 2.95. The summed E-state index contributed by atoms with van der Waals surface area (Å²) in [7, 11) is 0. The molecule has 1 aromatic carbocycles. The summed E-state index contributed by atoms with van der Waals surface area (Å²) in [6.07, 6.45) is 7.39. The van der Waals surface area contributed by atoms with Crippen molar-refractivity contribution in [2.45, 2.75) is 63.5 Å². The van der Waals surface area contributed by atoms with Crippen molar-refractivity contribution in [2.24, 2.45) is 5.73 Å². The van der Waals surface area contributed by atoms with Crippen LogP contribution in [0, 0.1) is 0 Å². The molecule has 1 fully saturated rings. The molecule has 0 aromatic heterocycles. The minimum Gasteiger partial charge on any atom is -0.350 e. The molecule has 0 radical (unpaired) electrons. The van der Waals surface area contributed by atoms with Crippen molar-refractivity contribution in [3.05, 3.63) is 35.9 Å². The zero-order valence-corrected chi connectivity index (χ0v) is 12.4. The van der Waals surface area contributed by atoms with Crippen LogP contribution in [0.3, 0.4) is 0 Å². The lowest BCUT2D eigenvalue weighted by atomic mass is 9.83. The Morgan fingerprint density at radius 2 is 1.90 bits per heavy atom. The third-order valence-electron chi connectivity index (χ3n) is 4.31. The van der Waals surface area contributed by atoms with Gasteiger partial charge in [-0.25, -0.2) is 0 Å². The van der Waals surface area contributed by atoms with Gasteiger partial charge in [-0.15, -0.1) is 0 Å². The maximum atomic E-state index is 12.2. The number of carbonyl (C=O) groups is 1. The first kappa shape index (κ1) is 15.0. The van der Waals surface area contributed by atoms with Gasteiger partial charge < -0.3 is 11.1 Å². The monoisotopic (exact) mass is 274 g/mol. The summed E-state index contributed by atoms with van der Waals surface area (Å²) in [6, 6.07) is 9.78. The van der Waals surface area contributed by atoms with E-state index < -0.39 is 6.04 Å². The number of nitrogens with one attached hydrogen (secondary N) is 1. The molecule has 1 atom stereocenters. The molecule has 0 heterocycles. The van der Waals surface area contributed by atoms with Crippen LogP contribution in [0.2, 0.25) is 0 Å². The van der Waals surface area contributed by atoms with Gasteiger partial charge in [-0.2, -0.15) is 0 Å². The van der Waals surface area contributed by atoms with E-state index in [-0.39, 0.29) is 11.4 Å². The summed E-state index contributed by atoms with van der Waals surface area (Å²) in [6.45, 7) is 2.15. The van der Waals surface area contributed by atoms with E-state index in [1.165, 1.54) is 24.8 Å². The van der Waals surface area contributed by atoms with Crippen molar-refractivity contribution in [1.82, 2.24) is 5.32 Å². The molecule has 0 aliphatic heterocycles. The number of nitrogens with two attached hydrogens (primary N) is 1. The summed E-state index contributed by atoms with van der Waals surface area (Å²) < 4.78 is 0. The van der Waals surface area contributed by atoms with Gasteiger partial charge in [-0.3, -0.25) is 4.79 Å². The van der Waals surface area contributed by atoms with E-state index in [9.17, 15) is 4.79 Å². The highest BCUT2D eigenvalue weighted by atomic mass is 16.2. The highest BCUT2D eigenvalue weighted by molar-refractivity contribution is 5.82. The van der Waals surface area contributed by atoms with Gasteiger partial charge in [0.25, 0.3) is 0 Å². The van der Waals surface area contributed by atoms with E-state index in [2.05, 4.69) is 24.4 Å². The van der Waals surface area contributed by atoms with Gasteiger partial charge in [0.2, 0.25) is 5.91 Å². The first-order chi connectivity index (χ1) is 9.59. The average Bonchev–Trinajstić information content (AvgIpc) is 2.46. The Hall–Kier alpha value is -1.35. The Morgan fingerprint density at radius 1 is 1.25 bits per heavy atom. The van der Waals surface area contributed by atoms with Gasteiger partial charge in [0, 0.05) is 5.54 Å². The number of rotatable bonds is 5. The number of hydrogen-bond donors (Lipinski definition) is 2. The van der Waals surface area contributed by atoms with Crippen LogP contribution in [0.5, 0.6) is 0 Å². The highest BCUT2D eigenvalue weighted by Gasteiger charge is 2.29. The Balaban J connectivity index is 1.79. The van der Waals surface area contributed by atoms with Crippen LogP contribution in [-0.2, 0) is 11.2 Å². The number of carbonyl (C=O) groups excluding carboxylic acids is 1. The minimum absolute atomic E-state index is 0.00494. The maximum Gasteiger partial charge on any atom is 0.237 e. The second kappa shape index (κ2) is 6.89. The molecule has 20 heavy (non-hydrogen) atoms. The second-order valence-electron chi connectivity index (χ2n) is 6.24. The van der Waals surface area contributed by atoms with Gasteiger partial charge in [0.1, 0.15) is 0 Å². The summed E-state index contributed by atoms with van der Waals surface area (Å²) in [4.78, 5) is 12.2. The summed E-state index contributed by atoms with van der Waals surface area (Å²) >= 11 is 0. The molecule has 1 aliphatic carbocycles. The normalized spacial score (nSPS) is 19.3. The van der Waals surface area contributed by atoms with Crippen molar-refractivity contribution < 1.29 is 4.79 Å². The van der Waals surface area contributed by atoms with Crippen molar-refractivity contribution in [3.63, 3.8) is 0 Å². The summed E-state index contributed by atoms with van der Waals surface area (Å²) in [5.41, 5.74) is 7.22. The largest absolute Gasteiger partial charge is 0.350 e. The molecular weight excluding hydrogens is 248 g/mol. The van der Waals surface area contributed by atoms with Gasteiger partial charge in [0.15, 0.2) is 0 Å². The second-order valence-corrected chi connectivity index (χ2v) is 6.24. The van der Waals surface area contributed by atoms with Crippen molar-refractivity contribution in [1.29, 1.82) is 0 Å². The SMILES string of the molecule is CC1(NC(=O)C(N)CCc2ccccc2)CCCCC1. The van der Waals surface area contributed by atoms with E-state index in [4.69, 9.17) is 5.73 Å². The summed E-state index contributed by atoms with van der Waals surface area (Å²) in [5.74, 6) is 0.00494. The first-order valence-corrected chi connectivity index (χ1v) is 7.71. The molecule has 3 nitrogen and oxygen atoms in total. The third kappa shape index (κ3) is 4.34. The smallest absolute Gasteiger partial charge is 0.237 e. The van der Waals surface area contributed by atoms with Crippen LogP contribution < -0.4 is 11.1 Å². The van der Waals surface area contributed by atoms with E-state index in [0.717, 1.165) is 19.3 Å². The fourth-order valence-corrected chi connectivity index (χ4v) is 2.95. The number of hydrogen-bond acceptors (Lipinski definition) is 2. The molecule has 110 valence electrons. The van der Waals surface area contributed by atoms with Gasteiger partial charge in [-0.1, -0.05) is 49.6 Å². The van der Waals surface area contributed by atoms with E-state index in [0.29, 0.717) is 6.42 Å². The molecular formula is C17H26N2O. The quantitative estimate of drug-likeness (QED) is 0.867. The Morgan fingerprint density at radius 3 is 2.55 bits per heavy atom. The lowest BCUT2D eigenvalue weighted by Gasteiger charge is -2.35. The molecule has 0 bridgehead atoms. The van der Waals surface area contributed by atoms with Gasteiger partial charge >= 0.3 is 0 Å². The molecule has 1 saturated carbocycles. The average molecular weight is 274 g/mol. The summed E-state index contributed by atoms with van der Waals surface area (Å²) in [5, 5.41) is 3.17. The lowest BCUT2D eigenvalue weighted by molar-refractivity contribution is -0.124. The zero-order valence-electron chi connectivity index (χ0n) is 12.4. The Kier molecular flexibility index (Phi) is 5.18. The van der Waals surface area contributed by atoms with Crippen LogP contribution in [0.25, 0.3) is 0 Å². The molecule has 3 heteroatoms. The minimum atomic E-state index is -0.408. The highest BCUT2D eigenvalue weighted by Crippen LogP contribution is 2.27. The predicted octanol–water partition coefficient (Wildman–Crippen LogP) is 2.79. The maximum absolute atomic E-state index is 12.2. The molecule has 1 aromatic rings. The Bertz CT molecular complexity index is 424. The van der Waals surface area contributed by atoms with Crippen LogP contribution in [0.1, 0.15) is 51.0 Å². The third-order valence-corrected chi connectivity index (χ3v) is 4.31. The molecule has 3 N–H and O–H groups in total. The molecule has 0 spiro atoms. The molecule has 0 saturated heterocycles. The van der Waals surface area contributed by atoms with Crippen LogP contribution in [0.15, 0.2) is 30.3 Å². The van der Waals surface area contributed by atoms with Crippen molar-refractivity contribution in [3.8, 4) is 0 Å². The van der Waals surface area contributed by atoms with Crippen molar-refractivity contribution in [2.75, 3.05) is 0 Å². The van der Waals surface area contributed by atoms with Crippen LogP contribution in [-0.4, -0.2) is 17.5 Å². The number of benzene rings is 1. The van der Waals surface area contributed by atoms with E-state index in [1.807, 2.05) is 18.2 Å². The topological polar surface area (TPSA) is 55.1 Å². The molecule has 2 rings (SSSR count). The zero-order chi connectivity index (χ0) is 14.4. The lowest BCUT2D eigenvalue weighted by Crippen LogP contribution is -2.52. The van der Waals surface area contributed by atoms with Crippen LogP contribution >= 0.6 is 0 Å². The van der Waals surface area contributed by atoms with E-state index in [1.54, 1.807) is 0 Å². The van der Waals surface area contributed by atoms with Gasteiger partial charge in [0.05, 0.1) is 6.04 Å².